The zero-order chi connectivity index (χ0) is 33.5. The number of nitrogens with zero attached hydrogens (tertiary/aromatic N) is 4. The average molecular weight is 706 g/mol. The number of halogens is 4. The first-order valence-electron chi connectivity index (χ1n) is 15.4. The van der Waals surface area contributed by atoms with Gasteiger partial charge in [-0.05, 0) is 30.2 Å². The number of likely N-dealkylation sites (tertiary alicyclic amines) is 1. The molecule has 2 N–H and O–H groups in total. The summed E-state index contributed by atoms with van der Waals surface area (Å²) in [4.78, 5) is 44.3. The molecule has 2 aromatic carbocycles. The number of thiazole rings is 1. The van der Waals surface area contributed by atoms with Crippen LogP contribution in [0.1, 0.15) is 64.0 Å². The van der Waals surface area contributed by atoms with Crippen molar-refractivity contribution in [3.63, 3.8) is 0 Å². The van der Waals surface area contributed by atoms with Crippen molar-refractivity contribution in [1.82, 2.24) is 14.6 Å². The number of aliphatic carboxylic acids is 1. The van der Waals surface area contributed by atoms with Crippen molar-refractivity contribution < 1.29 is 32.9 Å². The van der Waals surface area contributed by atoms with Crippen molar-refractivity contribution in [2.45, 2.75) is 56.9 Å². The van der Waals surface area contributed by atoms with Crippen LogP contribution in [0, 0.1) is 0 Å². The maximum absolute atomic E-state index is 14.5. The molecule has 0 spiro atoms. The number of amides is 2. The number of rotatable bonds is 9. The fourth-order valence-electron chi connectivity index (χ4n) is 6.83. The molecule has 1 unspecified atom stereocenters. The van der Waals surface area contributed by atoms with Crippen molar-refractivity contribution in [3.05, 3.63) is 79.8 Å². The van der Waals surface area contributed by atoms with Crippen LogP contribution in [0.25, 0.3) is 10.9 Å². The van der Waals surface area contributed by atoms with Gasteiger partial charge in [-0.25, -0.2) is 18.6 Å². The largest absolute Gasteiger partial charge is 0.481 e. The fourth-order valence-corrected chi connectivity index (χ4v) is 8.40. The van der Waals surface area contributed by atoms with Crippen LogP contribution in [0.2, 0.25) is 10.0 Å². The first-order chi connectivity index (χ1) is 22.4. The number of fused-ring (bicyclic) bond motifs is 1. The molecular weight excluding hydrogens is 671 g/mol. The van der Waals surface area contributed by atoms with E-state index in [0.717, 1.165) is 15.8 Å². The lowest BCUT2D eigenvalue weighted by Crippen LogP contribution is -2.65. The van der Waals surface area contributed by atoms with Gasteiger partial charge >= 0.3 is 11.9 Å². The van der Waals surface area contributed by atoms with Crippen LogP contribution in [0.5, 0.6) is 0 Å². The predicted molar refractivity (Wildman–Crippen MR) is 177 cm³/mol. The molecular formula is C33H34Cl2F2N5O4S+. The van der Waals surface area contributed by atoms with Gasteiger partial charge in [-0.15, -0.1) is 16.3 Å². The van der Waals surface area contributed by atoms with E-state index in [1.54, 1.807) is 18.5 Å². The van der Waals surface area contributed by atoms with Gasteiger partial charge in [0.15, 0.2) is 11.0 Å². The highest BCUT2D eigenvalue weighted by atomic mass is 35.5. The van der Waals surface area contributed by atoms with Gasteiger partial charge in [-0.3, -0.25) is 9.59 Å². The van der Waals surface area contributed by atoms with Crippen molar-refractivity contribution in [1.29, 1.82) is 0 Å². The fraction of sp³-hybridized carbons (Fsp3) is 0.394. The molecule has 2 atom stereocenters. The second-order valence-corrected chi connectivity index (χ2v) is 14.2. The summed E-state index contributed by atoms with van der Waals surface area (Å²) < 4.78 is 30.3. The van der Waals surface area contributed by atoms with Gasteiger partial charge in [0.1, 0.15) is 6.54 Å². The highest BCUT2D eigenvalue weighted by molar-refractivity contribution is 7.11. The smallest absolute Gasteiger partial charge is 0.337 e. The number of para-hydroxylation sites is 1. The van der Waals surface area contributed by atoms with Gasteiger partial charge < -0.3 is 15.0 Å². The molecule has 14 heteroatoms. The summed E-state index contributed by atoms with van der Waals surface area (Å²) in [6.45, 7) is 0.504. The Kier molecular flexibility index (Phi) is 9.43. The van der Waals surface area contributed by atoms with Crippen LogP contribution in [0.4, 0.5) is 14.5 Å². The number of carboxylic acid groups (broad SMARTS) is 1. The van der Waals surface area contributed by atoms with Crippen molar-refractivity contribution in [2.24, 2.45) is 7.05 Å². The van der Waals surface area contributed by atoms with Crippen LogP contribution in [-0.4, -0.2) is 67.6 Å². The molecule has 0 radical (unpaired) electrons. The van der Waals surface area contributed by atoms with Crippen molar-refractivity contribution in [2.75, 3.05) is 25.0 Å². The van der Waals surface area contributed by atoms with E-state index in [0.29, 0.717) is 47.6 Å². The minimum absolute atomic E-state index is 0.0376. The Labute approximate surface area is 284 Å². The lowest BCUT2D eigenvalue weighted by molar-refractivity contribution is -0.986. The zero-order valence-electron chi connectivity index (χ0n) is 25.6. The molecule has 6 rings (SSSR count). The Morgan fingerprint density at radius 2 is 1.89 bits per heavy atom. The van der Waals surface area contributed by atoms with E-state index in [4.69, 9.17) is 28.3 Å². The van der Waals surface area contributed by atoms with Crippen molar-refractivity contribution >= 4 is 68.9 Å². The number of carbonyl (C=O) groups excluding carboxylic acids is 2. The highest BCUT2D eigenvalue weighted by Crippen LogP contribution is 2.46. The Morgan fingerprint density at radius 1 is 1.15 bits per heavy atom. The minimum atomic E-state index is -2.80. The maximum Gasteiger partial charge on any atom is 0.337 e. The van der Waals surface area contributed by atoms with Crippen LogP contribution in [-0.2, 0) is 29.5 Å². The van der Waals surface area contributed by atoms with Gasteiger partial charge in [-0.1, -0.05) is 41.4 Å². The quantitative estimate of drug-likeness (QED) is 0.178. The van der Waals surface area contributed by atoms with Gasteiger partial charge in [0.05, 0.1) is 42.2 Å². The monoisotopic (exact) mass is 704 g/mol. The molecule has 2 aliphatic heterocycles. The lowest BCUT2D eigenvalue weighted by atomic mass is 10.1. The summed E-state index contributed by atoms with van der Waals surface area (Å²) in [7, 11) is 1.86. The van der Waals surface area contributed by atoms with E-state index >= 15 is 0 Å². The molecule has 0 saturated carbocycles. The number of anilines is 1. The minimum Gasteiger partial charge on any atom is -0.481 e. The van der Waals surface area contributed by atoms with Crippen LogP contribution in [0.15, 0.2) is 48.8 Å². The summed E-state index contributed by atoms with van der Waals surface area (Å²) in [5, 5.41) is 15.7. The van der Waals surface area contributed by atoms with Gasteiger partial charge in [0, 0.05) is 65.9 Å². The number of hydrogen-bond acceptors (Lipinski definition) is 6. The van der Waals surface area contributed by atoms with Crippen LogP contribution >= 0.6 is 34.5 Å². The lowest BCUT2D eigenvalue weighted by Gasteiger charge is -2.46. The maximum atomic E-state index is 14.5. The van der Waals surface area contributed by atoms with Gasteiger partial charge in [0.25, 0.3) is 11.8 Å². The molecule has 47 heavy (non-hydrogen) atoms. The number of carboxylic acids is 1. The Bertz CT molecular complexity index is 1850. The van der Waals surface area contributed by atoms with E-state index in [2.05, 4.69) is 10.3 Å². The SMILES string of the molecule is Cn1cc(C(=O)Nc2cc(Cl)c(CC(=O)[N+]3(N4CCC(F)(F)CC4)CCC[C@H]3c3ncc(CCC(=O)O)s3)cc2Cl)c2ccccc21. The summed E-state index contributed by atoms with van der Waals surface area (Å²) in [6.07, 6.45) is 4.15. The molecule has 4 aromatic rings. The number of hydrogen-bond donors (Lipinski definition) is 2. The highest BCUT2D eigenvalue weighted by Gasteiger charge is 2.56. The van der Waals surface area contributed by atoms with Crippen LogP contribution < -0.4 is 5.32 Å². The molecule has 2 aliphatic rings. The molecule has 2 amide bonds. The Hall–Kier alpha value is -3.42. The van der Waals surface area contributed by atoms with E-state index in [1.165, 1.54) is 17.4 Å². The van der Waals surface area contributed by atoms with E-state index in [9.17, 15) is 23.2 Å². The van der Waals surface area contributed by atoms with E-state index in [1.807, 2.05) is 40.9 Å². The first-order valence-corrected chi connectivity index (χ1v) is 17.0. The Morgan fingerprint density at radius 3 is 2.64 bits per heavy atom. The third-order valence-corrected chi connectivity index (χ3v) is 11.0. The predicted octanol–water partition coefficient (Wildman–Crippen LogP) is 7.28. The molecule has 0 bridgehead atoms. The third kappa shape index (κ3) is 6.66. The molecule has 4 heterocycles. The average Bonchev–Trinajstić information content (AvgIpc) is 3.76. The number of benzene rings is 2. The zero-order valence-corrected chi connectivity index (χ0v) is 28.0. The number of aryl methyl sites for hydroxylation is 2. The van der Waals surface area contributed by atoms with E-state index in [-0.39, 0.29) is 65.2 Å². The van der Waals surface area contributed by atoms with Gasteiger partial charge in [-0.2, -0.15) is 4.59 Å². The normalized spacial score (nSPS) is 21.3. The number of aromatic nitrogens is 2. The summed E-state index contributed by atoms with van der Waals surface area (Å²) in [5.74, 6) is -4.29. The number of piperidine rings is 1. The number of alkyl halides is 2. The Balaban J connectivity index is 1.27. The molecule has 2 aromatic heterocycles. The van der Waals surface area contributed by atoms with Crippen molar-refractivity contribution in [3.8, 4) is 0 Å². The third-order valence-electron chi connectivity index (χ3n) is 9.21. The number of quaternary nitrogens is 1. The topological polar surface area (TPSA) is 105 Å². The molecule has 2 fully saturated rings. The number of nitrogens with one attached hydrogen (secondary N) is 1. The van der Waals surface area contributed by atoms with Crippen LogP contribution in [0.3, 0.4) is 0 Å². The standard InChI is InChI=1S/C33H33Cl2F2N5O4S/c1-40-19-23(22-5-2-3-6-27(22)40)31(46)39-26-17-24(34)20(15-25(26)35)16-29(43)42(41-12-10-33(36,37)11-13-41)14-4-7-28(42)32-38-18-21(47-32)8-9-30(44)45/h2-3,5-6,15,17-19,28H,4,7-14,16H2,1H3,(H-,39,44,45,46)/p+1/t28-,42?/m0/s1. The molecule has 248 valence electrons. The second kappa shape index (κ2) is 13.2. The van der Waals surface area contributed by atoms with Gasteiger partial charge in [0.2, 0.25) is 0 Å². The molecule has 2 saturated heterocycles. The molecule has 0 aliphatic carbocycles. The second-order valence-electron chi connectivity index (χ2n) is 12.2. The molecule has 9 nitrogen and oxygen atoms in total. The van der Waals surface area contributed by atoms with E-state index < -0.39 is 17.9 Å². The summed E-state index contributed by atoms with van der Waals surface area (Å²) in [5.41, 5.74) is 2.13. The number of carbonyl (C=O) groups is 3. The first kappa shape index (κ1) is 33.5. The summed E-state index contributed by atoms with van der Waals surface area (Å²) in [6, 6.07) is 10.2. The summed E-state index contributed by atoms with van der Waals surface area (Å²) >= 11 is 14.7.